The predicted molar refractivity (Wildman–Crippen MR) is 68.8 cm³/mol. The van der Waals surface area contributed by atoms with Crippen LogP contribution in [0.25, 0.3) is 0 Å². The second-order valence-electron chi connectivity index (χ2n) is 4.38. The van der Waals surface area contributed by atoms with Crippen molar-refractivity contribution in [3.05, 3.63) is 22.4 Å². The summed E-state index contributed by atoms with van der Waals surface area (Å²) in [4.78, 5) is 16.1. The van der Waals surface area contributed by atoms with E-state index in [-0.39, 0.29) is 17.9 Å². The summed E-state index contributed by atoms with van der Waals surface area (Å²) in [5.41, 5.74) is 1.70. The number of carbonyl (C=O) groups excluding carboxylic acids is 1. The number of amides is 1. The summed E-state index contributed by atoms with van der Waals surface area (Å²) in [6.45, 7) is 4.63. The third-order valence-corrected chi connectivity index (χ3v) is 3.76. The molecule has 0 radical (unpaired) electrons. The summed E-state index contributed by atoms with van der Waals surface area (Å²) >= 11 is 3.32. The molecule has 17 heavy (non-hydrogen) atoms. The highest BCUT2D eigenvalue weighted by Crippen LogP contribution is 2.22. The standard InChI is InChI=1S/C12H15BrN2O2/c1-7-3-4-17-10(7)12(16)15-9-5-8(2)11(13)14-6-9/h5-7,10H,3-4H2,1-2H3,(H,15,16). The number of nitrogens with one attached hydrogen (secondary N) is 1. The van der Waals surface area contributed by atoms with Gasteiger partial charge >= 0.3 is 0 Å². The quantitative estimate of drug-likeness (QED) is 0.854. The first-order valence-electron chi connectivity index (χ1n) is 5.62. The van der Waals surface area contributed by atoms with Gasteiger partial charge in [0, 0.05) is 6.61 Å². The molecule has 2 rings (SSSR count). The van der Waals surface area contributed by atoms with Gasteiger partial charge in [-0.15, -0.1) is 0 Å². The Labute approximate surface area is 109 Å². The van der Waals surface area contributed by atoms with Crippen LogP contribution in [0.2, 0.25) is 0 Å². The topological polar surface area (TPSA) is 51.2 Å². The zero-order valence-corrected chi connectivity index (χ0v) is 11.5. The number of aromatic nitrogens is 1. The maximum absolute atomic E-state index is 11.9. The van der Waals surface area contributed by atoms with Crippen molar-refractivity contribution in [1.82, 2.24) is 4.98 Å². The summed E-state index contributed by atoms with van der Waals surface area (Å²) < 4.78 is 6.20. The summed E-state index contributed by atoms with van der Waals surface area (Å²) in [5.74, 6) is 0.193. The Morgan fingerprint density at radius 1 is 1.65 bits per heavy atom. The van der Waals surface area contributed by atoms with E-state index in [2.05, 4.69) is 26.2 Å². The Morgan fingerprint density at radius 3 is 3.00 bits per heavy atom. The van der Waals surface area contributed by atoms with Gasteiger partial charge in [-0.2, -0.15) is 0 Å². The number of pyridine rings is 1. The molecule has 1 fully saturated rings. The van der Waals surface area contributed by atoms with Gasteiger partial charge in [0.1, 0.15) is 10.7 Å². The Balaban J connectivity index is 2.05. The maximum atomic E-state index is 11.9. The van der Waals surface area contributed by atoms with Crippen molar-refractivity contribution >= 4 is 27.5 Å². The third-order valence-electron chi connectivity index (χ3n) is 2.93. The number of hydrogen-bond donors (Lipinski definition) is 1. The maximum Gasteiger partial charge on any atom is 0.253 e. The van der Waals surface area contributed by atoms with Gasteiger partial charge in [-0.3, -0.25) is 4.79 Å². The van der Waals surface area contributed by atoms with E-state index in [9.17, 15) is 4.79 Å². The second kappa shape index (κ2) is 5.14. The Kier molecular flexibility index (Phi) is 3.79. The second-order valence-corrected chi connectivity index (χ2v) is 5.13. The van der Waals surface area contributed by atoms with E-state index in [1.54, 1.807) is 6.20 Å². The highest BCUT2D eigenvalue weighted by atomic mass is 79.9. The average molecular weight is 299 g/mol. The first-order chi connectivity index (χ1) is 8.08. The number of carbonyl (C=O) groups is 1. The minimum atomic E-state index is -0.334. The van der Waals surface area contributed by atoms with E-state index in [4.69, 9.17) is 4.74 Å². The summed E-state index contributed by atoms with van der Waals surface area (Å²) in [7, 11) is 0. The summed E-state index contributed by atoms with van der Waals surface area (Å²) in [6.07, 6.45) is 2.24. The van der Waals surface area contributed by atoms with Gasteiger partial charge < -0.3 is 10.1 Å². The minimum Gasteiger partial charge on any atom is -0.368 e. The fourth-order valence-corrected chi connectivity index (χ4v) is 2.09. The molecule has 0 aromatic carbocycles. The van der Waals surface area contributed by atoms with Crippen molar-refractivity contribution in [3.8, 4) is 0 Å². The number of rotatable bonds is 2. The van der Waals surface area contributed by atoms with E-state index in [1.165, 1.54) is 0 Å². The molecular formula is C12H15BrN2O2. The molecule has 1 aliphatic rings. The predicted octanol–water partition coefficient (Wildman–Crippen LogP) is 2.52. The number of anilines is 1. The van der Waals surface area contributed by atoms with Gasteiger partial charge in [0.2, 0.25) is 0 Å². The Morgan fingerprint density at radius 2 is 2.41 bits per heavy atom. The largest absolute Gasteiger partial charge is 0.368 e. The Hall–Kier alpha value is -0.940. The first-order valence-corrected chi connectivity index (χ1v) is 6.42. The lowest BCUT2D eigenvalue weighted by Crippen LogP contribution is -2.31. The first kappa shape index (κ1) is 12.5. The van der Waals surface area contributed by atoms with Crippen LogP contribution in [0.15, 0.2) is 16.9 Å². The Bertz CT molecular complexity index is 437. The third kappa shape index (κ3) is 2.84. The zero-order valence-electron chi connectivity index (χ0n) is 9.87. The highest BCUT2D eigenvalue weighted by molar-refractivity contribution is 9.10. The van der Waals surface area contributed by atoms with Gasteiger partial charge in [-0.05, 0) is 46.8 Å². The molecule has 1 aliphatic heterocycles. The van der Waals surface area contributed by atoms with Crippen LogP contribution in [0.4, 0.5) is 5.69 Å². The molecule has 1 amide bonds. The van der Waals surface area contributed by atoms with Gasteiger partial charge in [0.15, 0.2) is 0 Å². The normalized spacial score (nSPS) is 23.7. The molecule has 0 aliphatic carbocycles. The van der Waals surface area contributed by atoms with Gasteiger partial charge in [-0.25, -0.2) is 4.98 Å². The lowest BCUT2D eigenvalue weighted by atomic mass is 10.0. The van der Waals surface area contributed by atoms with Crippen LogP contribution < -0.4 is 5.32 Å². The molecule has 2 unspecified atom stereocenters. The van der Waals surface area contributed by atoms with Crippen molar-refractivity contribution in [1.29, 1.82) is 0 Å². The molecule has 4 nitrogen and oxygen atoms in total. The molecule has 0 bridgehead atoms. The average Bonchev–Trinajstić information content (AvgIpc) is 2.70. The van der Waals surface area contributed by atoms with Crippen molar-refractivity contribution in [3.63, 3.8) is 0 Å². The van der Waals surface area contributed by atoms with Crippen LogP contribution in [0, 0.1) is 12.8 Å². The number of nitrogens with zero attached hydrogens (tertiary/aromatic N) is 1. The fraction of sp³-hybridized carbons (Fsp3) is 0.500. The number of halogens is 1. The molecule has 1 aromatic heterocycles. The SMILES string of the molecule is Cc1cc(NC(=O)C2OCCC2C)cnc1Br. The molecular weight excluding hydrogens is 284 g/mol. The van der Waals surface area contributed by atoms with Gasteiger partial charge in [0.25, 0.3) is 5.91 Å². The summed E-state index contributed by atoms with van der Waals surface area (Å²) in [6, 6.07) is 1.88. The van der Waals surface area contributed by atoms with Crippen LogP contribution in [0.3, 0.4) is 0 Å². The smallest absolute Gasteiger partial charge is 0.253 e. The van der Waals surface area contributed by atoms with E-state index >= 15 is 0 Å². The van der Waals surface area contributed by atoms with Crippen molar-refractivity contribution in [2.75, 3.05) is 11.9 Å². The molecule has 0 saturated carbocycles. The van der Waals surface area contributed by atoms with Crippen molar-refractivity contribution in [2.24, 2.45) is 5.92 Å². The molecule has 2 atom stereocenters. The highest BCUT2D eigenvalue weighted by Gasteiger charge is 2.30. The van der Waals surface area contributed by atoms with Gasteiger partial charge in [0.05, 0.1) is 11.9 Å². The number of ether oxygens (including phenoxy) is 1. The van der Waals surface area contributed by atoms with Gasteiger partial charge in [-0.1, -0.05) is 6.92 Å². The van der Waals surface area contributed by atoms with Crippen molar-refractivity contribution in [2.45, 2.75) is 26.4 Å². The molecule has 92 valence electrons. The lowest BCUT2D eigenvalue weighted by Gasteiger charge is -2.14. The molecule has 1 saturated heterocycles. The monoisotopic (exact) mass is 298 g/mol. The minimum absolute atomic E-state index is 0.0847. The fourth-order valence-electron chi connectivity index (χ4n) is 1.87. The lowest BCUT2D eigenvalue weighted by molar-refractivity contribution is -0.126. The van der Waals surface area contributed by atoms with E-state index in [1.807, 2.05) is 19.9 Å². The number of aryl methyl sites for hydroxylation is 1. The summed E-state index contributed by atoms with van der Waals surface area (Å²) in [5, 5.41) is 2.84. The molecule has 2 heterocycles. The van der Waals surface area contributed by atoms with Crippen LogP contribution in [0.1, 0.15) is 18.9 Å². The molecule has 1 N–H and O–H groups in total. The van der Waals surface area contributed by atoms with Crippen LogP contribution in [-0.4, -0.2) is 23.6 Å². The molecule has 5 heteroatoms. The zero-order chi connectivity index (χ0) is 12.4. The number of hydrogen-bond acceptors (Lipinski definition) is 3. The molecule has 1 aromatic rings. The van der Waals surface area contributed by atoms with Crippen LogP contribution in [-0.2, 0) is 9.53 Å². The van der Waals surface area contributed by atoms with E-state index in [0.717, 1.165) is 16.6 Å². The van der Waals surface area contributed by atoms with E-state index in [0.29, 0.717) is 12.3 Å². The van der Waals surface area contributed by atoms with E-state index < -0.39 is 0 Å². The molecule has 0 spiro atoms. The van der Waals surface area contributed by atoms with Crippen LogP contribution >= 0.6 is 15.9 Å². The van der Waals surface area contributed by atoms with Crippen molar-refractivity contribution < 1.29 is 9.53 Å². The van der Waals surface area contributed by atoms with Crippen LogP contribution in [0.5, 0.6) is 0 Å².